The Bertz CT molecular complexity index is 701. The van der Waals surface area contributed by atoms with E-state index in [9.17, 15) is 4.79 Å². The smallest absolute Gasteiger partial charge is 0.244 e. The molecule has 1 aliphatic carbocycles. The molecule has 0 radical (unpaired) electrons. The van der Waals surface area contributed by atoms with E-state index in [1.807, 2.05) is 18.2 Å². The highest BCUT2D eigenvalue weighted by atomic mass is 79.9. The number of aryl methyl sites for hydroxylation is 1. The SMILES string of the molecule is Cc1nc(C2(NC(=O)/C=C/c3ccc(Br)s3)CCCC2)no1. The average Bonchev–Trinajstić information content (AvgIpc) is 3.19. The average molecular weight is 382 g/mol. The molecule has 0 aromatic carbocycles. The third-order valence-electron chi connectivity index (χ3n) is 3.77. The van der Waals surface area contributed by atoms with Gasteiger partial charge in [0.25, 0.3) is 0 Å². The monoisotopic (exact) mass is 381 g/mol. The van der Waals surface area contributed by atoms with E-state index in [0.717, 1.165) is 34.3 Å². The molecule has 1 saturated carbocycles. The summed E-state index contributed by atoms with van der Waals surface area (Å²) in [6, 6.07) is 3.93. The van der Waals surface area contributed by atoms with Gasteiger partial charge in [-0.3, -0.25) is 4.79 Å². The van der Waals surface area contributed by atoms with E-state index in [1.165, 1.54) is 0 Å². The molecule has 1 aliphatic rings. The molecular weight excluding hydrogens is 366 g/mol. The molecule has 1 fully saturated rings. The van der Waals surface area contributed by atoms with Crippen LogP contribution in [0.4, 0.5) is 0 Å². The first-order valence-corrected chi connectivity index (χ1v) is 8.75. The number of hydrogen-bond acceptors (Lipinski definition) is 5. The molecule has 2 aromatic heterocycles. The molecule has 2 heterocycles. The molecule has 0 spiro atoms. The van der Waals surface area contributed by atoms with Gasteiger partial charge in [0.15, 0.2) is 5.82 Å². The van der Waals surface area contributed by atoms with Crippen molar-refractivity contribution in [3.05, 3.63) is 38.6 Å². The lowest BCUT2D eigenvalue weighted by Gasteiger charge is -2.25. The van der Waals surface area contributed by atoms with Gasteiger partial charge in [-0.25, -0.2) is 0 Å². The van der Waals surface area contributed by atoms with Crippen LogP contribution in [0.3, 0.4) is 0 Å². The zero-order valence-electron chi connectivity index (χ0n) is 12.1. The highest BCUT2D eigenvalue weighted by Crippen LogP contribution is 2.37. The summed E-state index contributed by atoms with van der Waals surface area (Å²) in [5, 5.41) is 7.10. The number of rotatable bonds is 4. The summed E-state index contributed by atoms with van der Waals surface area (Å²) in [6.45, 7) is 1.76. The van der Waals surface area contributed by atoms with Crippen molar-refractivity contribution in [2.75, 3.05) is 0 Å². The number of carbonyl (C=O) groups is 1. The fourth-order valence-corrected chi connectivity index (χ4v) is 4.06. The zero-order chi connectivity index (χ0) is 15.6. The van der Waals surface area contributed by atoms with Crippen LogP contribution < -0.4 is 5.32 Å². The van der Waals surface area contributed by atoms with E-state index < -0.39 is 5.54 Å². The van der Waals surface area contributed by atoms with E-state index in [1.54, 1.807) is 24.3 Å². The standard InChI is InChI=1S/C15H16BrN3O2S/c1-10-17-14(19-21-10)15(8-2-3-9-15)18-13(20)7-5-11-4-6-12(16)22-11/h4-7H,2-3,8-9H2,1H3,(H,18,20)/b7-5+. The maximum absolute atomic E-state index is 12.3. The van der Waals surface area contributed by atoms with Crippen LogP contribution in [0.1, 0.15) is 42.3 Å². The van der Waals surface area contributed by atoms with E-state index in [0.29, 0.717) is 11.7 Å². The lowest BCUT2D eigenvalue weighted by Crippen LogP contribution is -2.44. The molecule has 1 N–H and O–H groups in total. The molecule has 0 atom stereocenters. The van der Waals surface area contributed by atoms with Crippen molar-refractivity contribution in [2.45, 2.75) is 38.1 Å². The van der Waals surface area contributed by atoms with E-state index in [2.05, 4.69) is 31.4 Å². The second-order valence-corrected chi connectivity index (χ2v) is 7.89. The Morgan fingerprint density at radius 1 is 1.45 bits per heavy atom. The van der Waals surface area contributed by atoms with Crippen molar-refractivity contribution in [2.24, 2.45) is 0 Å². The van der Waals surface area contributed by atoms with Gasteiger partial charge in [-0.1, -0.05) is 18.0 Å². The summed E-state index contributed by atoms with van der Waals surface area (Å²) in [5.41, 5.74) is -0.491. The van der Waals surface area contributed by atoms with Crippen LogP contribution in [0.5, 0.6) is 0 Å². The van der Waals surface area contributed by atoms with E-state index in [4.69, 9.17) is 4.52 Å². The molecule has 0 saturated heterocycles. The van der Waals surface area contributed by atoms with Gasteiger partial charge in [-0.05, 0) is 47.0 Å². The Labute approximate surface area is 140 Å². The predicted molar refractivity (Wildman–Crippen MR) is 88.4 cm³/mol. The first-order valence-electron chi connectivity index (χ1n) is 7.14. The molecule has 7 heteroatoms. The number of carbonyl (C=O) groups excluding carboxylic acids is 1. The quantitative estimate of drug-likeness (QED) is 0.817. The fourth-order valence-electron chi connectivity index (χ4n) is 2.73. The lowest BCUT2D eigenvalue weighted by atomic mass is 9.96. The predicted octanol–water partition coefficient (Wildman–Crippen LogP) is 3.80. The van der Waals surface area contributed by atoms with Crippen molar-refractivity contribution in [3.63, 3.8) is 0 Å². The van der Waals surface area contributed by atoms with Crippen LogP contribution >= 0.6 is 27.3 Å². The Morgan fingerprint density at radius 3 is 2.82 bits per heavy atom. The normalized spacial score (nSPS) is 17.2. The minimum Gasteiger partial charge on any atom is -0.340 e. The van der Waals surface area contributed by atoms with Crippen molar-refractivity contribution >= 4 is 39.2 Å². The minimum absolute atomic E-state index is 0.131. The second kappa shape index (κ2) is 6.34. The van der Waals surface area contributed by atoms with Crippen LogP contribution in [-0.2, 0) is 10.3 Å². The zero-order valence-corrected chi connectivity index (χ0v) is 14.5. The molecule has 3 rings (SSSR count). The summed E-state index contributed by atoms with van der Waals surface area (Å²) in [4.78, 5) is 17.6. The van der Waals surface area contributed by atoms with Crippen molar-refractivity contribution in [1.82, 2.24) is 15.5 Å². The summed E-state index contributed by atoms with van der Waals surface area (Å²) >= 11 is 4.99. The number of hydrogen-bond donors (Lipinski definition) is 1. The number of thiophene rings is 1. The molecule has 22 heavy (non-hydrogen) atoms. The molecule has 0 bridgehead atoms. The van der Waals surface area contributed by atoms with Gasteiger partial charge in [-0.15, -0.1) is 11.3 Å². The second-order valence-electron chi connectivity index (χ2n) is 5.39. The number of amides is 1. The van der Waals surface area contributed by atoms with Crippen molar-refractivity contribution in [1.29, 1.82) is 0 Å². The van der Waals surface area contributed by atoms with Gasteiger partial charge in [0.2, 0.25) is 11.8 Å². The highest BCUT2D eigenvalue weighted by molar-refractivity contribution is 9.11. The summed E-state index contributed by atoms with van der Waals surface area (Å²) in [7, 11) is 0. The third kappa shape index (κ3) is 3.30. The summed E-state index contributed by atoms with van der Waals surface area (Å²) < 4.78 is 6.13. The molecule has 116 valence electrons. The molecule has 0 unspecified atom stereocenters. The topological polar surface area (TPSA) is 68.0 Å². The van der Waals surface area contributed by atoms with Gasteiger partial charge < -0.3 is 9.84 Å². The molecule has 0 aliphatic heterocycles. The van der Waals surface area contributed by atoms with Gasteiger partial charge >= 0.3 is 0 Å². The number of aromatic nitrogens is 2. The first kappa shape index (κ1) is 15.4. The van der Waals surface area contributed by atoms with Crippen LogP contribution in [0.2, 0.25) is 0 Å². The van der Waals surface area contributed by atoms with E-state index >= 15 is 0 Å². The number of nitrogens with one attached hydrogen (secondary N) is 1. The summed E-state index contributed by atoms with van der Waals surface area (Å²) in [5.74, 6) is 0.978. The molecular formula is C15H16BrN3O2S. The Balaban J connectivity index is 1.74. The Kier molecular flexibility index (Phi) is 4.44. The largest absolute Gasteiger partial charge is 0.340 e. The Morgan fingerprint density at radius 2 is 2.23 bits per heavy atom. The first-order chi connectivity index (χ1) is 10.6. The lowest BCUT2D eigenvalue weighted by molar-refractivity contribution is -0.118. The van der Waals surface area contributed by atoms with Crippen LogP contribution in [0.25, 0.3) is 6.08 Å². The minimum atomic E-state index is -0.491. The maximum atomic E-state index is 12.3. The fraction of sp³-hybridized carbons (Fsp3) is 0.400. The van der Waals surface area contributed by atoms with Crippen molar-refractivity contribution in [3.8, 4) is 0 Å². The van der Waals surface area contributed by atoms with E-state index in [-0.39, 0.29) is 5.91 Å². The van der Waals surface area contributed by atoms with Gasteiger partial charge in [0.1, 0.15) is 5.54 Å². The number of halogens is 1. The van der Waals surface area contributed by atoms with Gasteiger partial charge in [-0.2, -0.15) is 4.98 Å². The third-order valence-corrected chi connectivity index (χ3v) is 5.36. The highest BCUT2D eigenvalue weighted by Gasteiger charge is 2.40. The van der Waals surface area contributed by atoms with Gasteiger partial charge in [0.05, 0.1) is 3.79 Å². The molecule has 1 amide bonds. The number of nitrogens with zero attached hydrogens (tertiary/aromatic N) is 2. The molecule has 5 nitrogen and oxygen atoms in total. The Hall–Kier alpha value is -1.47. The van der Waals surface area contributed by atoms with Crippen molar-refractivity contribution < 1.29 is 9.32 Å². The maximum Gasteiger partial charge on any atom is 0.244 e. The molecule has 2 aromatic rings. The van der Waals surface area contributed by atoms with Crippen LogP contribution in [0, 0.1) is 6.92 Å². The van der Waals surface area contributed by atoms with Crippen LogP contribution in [0.15, 0.2) is 26.5 Å². The van der Waals surface area contributed by atoms with Crippen LogP contribution in [-0.4, -0.2) is 16.0 Å². The van der Waals surface area contributed by atoms with Gasteiger partial charge in [0, 0.05) is 17.9 Å². The summed E-state index contributed by atoms with van der Waals surface area (Å²) in [6.07, 6.45) is 7.16.